The van der Waals surface area contributed by atoms with Crippen molar-refractivity contribution in [2.45, 2.75) is 78.0 Å². The molecule has 5 heteroatoms. The van der Waals surface area contributed by atoms with Gasteiger partial charge in [-0.3, -0.25) is 0 Å². The molecule has 0 bridgehead atoms. The van der Waals surface area contributed by atoms with Crippen molar-refractivity contribution in [1.29, 1.82) is 0 Å². The van der Waals surface area contributed by atoms with Gasteiger partial charge in [0.1, 0.15) is 6.61 Å². The minimum absolute atomic E-state index is 0.0000857. The minimum atomic E-state index is -4.36. The Hall–Kier alpha value is -2.30. The number of alkyl halides is 3. The maximum absolute atomic E-state index is 13.7. The molecular weight excluding hydrogens is 387 g/mol. The van der Waals surface area contributed by atoms with E-state index in [1.807, 2.05) is 19.1 Å². The first-order chi connectivity index (χ1) is 14.3. The standard InChI is InChI=1S/C25H30F3NO/c1-4-20-15-22(12-10-17(20)2)18(3)29-30-16-19-11-13-23(21-8-6-5-7-9-21)24(14-19)25(26,27)28/h10-15,21H,4-9,16H2,1-3H3/b29-18+. The summed E-state index contributed by atoms with van der Waals surface area (Å²) in [6.07, 6.45) is 1.35. The summed E-state index contributed by atoms with van der Waals surface area (Å²) in [4.78, 5) is 5.41. The highest BCUT2D eigenvalue weighted by Crippen LogP contribution is 2.41. The van der Waals surface area contributed by atoms with Gasteiger partial charge in [-0.05, 0) is 79.0 Å². The highest BCUT2D eigenvalue weighted by atomic mass is 19.4. The van der Waals surface area contributed by atoms with Crippen molar-refractivity contribution in [2.24, 2.45) is 5.16 Å². The third-order valence-electron chi connectivity index (χ3n) is 6.05. The second-order valence-electron chi connectivity index (χ2n) is 8.20. The van der Waals surface area contributed by atoms with Gasteiger partial charge in [-0.2, -0.15) is 13.2 Å². The summed E-state index contributed by atoms with van der Waals surface area (Å²) >= 11 is 0. The second-order valence-corrected chi connectivity index (χ2v) is 8.20. The van der Waals surface area contributed by atoms with E-state index in [9.17, 15) is 13.2 Å². The van der Waals surface area contributed by atoms with E-state index >= 15 is 0 Å². The minimum Gasteiger partial charge on any atom is -0.391 e. The predicted octanol–water partition coefficient (Wildman–Crippen LogP) is 7.56. The van der Waals surface area contributed by atoms with E-state index in [4.69, 9.17) is 4.84 Å². The molecule has 1 saturated carbocycles. The molecule has 0 aromatic heterocycles. The highest BCUT2D eigenvalue weighted by molar-refractivity contribution is 5.98. The largest absolute Gasteiger partial charge is 0.416 e. The Morgan fingerprint density at radius 3 is 2.47 bits per heavy atom. The quantitative estimate of drug-likeness (QED) is 0.351. The van der Waals surface area contributed by atoms with Crippen LogP contribution in [0.3, 0.4) is 0 Å². The normalized spacial score (nSPS) is 16.0. The summed E-state index contributed by atoms with van der Waals surface area (Å²) in [5.74, 6) is -0.0000857. The number of aryl methyl sites for hydroxylation is 2. The van der Waals surface area contributed by atoms with Crippen LogP contribution in [0.4, 0.5) is 13.2 Å². The topological polar surface area (TPSA) is 21.6 Å². The van der Waals surface area contributed by atoms with Crippen LogP contribution in [-0.4, -0.2) is 5.71 Å². The monoisotopic (exact) mass is 417 g/mol. The van der Waals surface area contributed by atoms with Crippen LogP contribution >= 0.6 is 0 Å². The lowest BCUT2D eigenvalue weighted by molar-refractivity contribution is -0.138. The SMILES string of the molecule is CCc1cc(/C(C)=N/OCc2ccc(C3CCCCC3)c(C(F)(F)F)c2)ccc1C. The van der Waals surface area contributed by atoms with Crippen molar-refractivity contribution in [1.82, 2.24) is 0 Å². The number of nitrogens with zero attached hydrogens (tertiary/aromatic N) is 1. The number of oxime groups is 1. The molecule has 0 radical (unpaired) electrons. The Kier molecular flexibility index (Phi) is 7.22. The van der Waals surface area contributed by atoms with Crippen molar-refractivity contribution in [2.75, 3.05) is 0 Å². The van der Waals surface area contributed by atoms with Gasteiger partial charge in [0.15, 0.2) is 0 Å². The van der Waals surface area contributed by atoms with Crippen molar-refractivity contribution in [3.8, 4) is 0 Å². The van der Waals surface area contributed by atoms with E-state index in [1.54, 1.807) is 12.1 Å². The molecule has 2 aromatic carbocycles. The van der Waals surface area contributed by atoms with Gasteiger partial charge in [-0.25, -0.2) is 0 Å². The zero-order valence-corrected chi connectivity index (χ0v) is 18.0. The Morgan fingerprint density at radius 2 is 1.80 bits per heavy atom. The molecule has 0 heterocycles. The zero-order chi connectivity index (χ0) is 21.7. The predicted molar refractivity (Wildman–Crippen MR) is 115 cm³/mol. The maximum atomic E-state index is 13.7. The number of benzene rings is 2. The van der Waals surface area contributed by atoms with Gasteiger partial charge in [0.05, 0.1) is 11.3 Å². The Morgan fingerprint density at radius 1 is 1.07 bits per heavy atom. The van der Waals surface area contributed by atoms with Crippen LogP contribution in [0.1, 0.15) is 85.3 Å². The van der Waals surface area contributed by atoms with Gasteiger partial charge >= 0.3 is 6.18 Å². The first kappa shape index (κ1) is 22.4. The third kappa shape index (κ3) is 5.44. The van der Waals surface area contributed by atoms with Gasteiger partial charge in [-0.1, -0.05) is 55.6 Å². The van der Waals surface area contributed by atoms with Gasteiger partial charge in [0, 0.05) is 0 Å². The average Bonchev–Trinajstić information content (AvgIpc) is 2.74. The fourth-order valence-corrected chi connectivity index (χ4v) is 4.24. The summed E-state index contributed by atoms with van der Waals surface area (Å²) in [5.41, 5.74) is 4.53. The van der Waals surface area contributed by atoms with Crippen LogP contribution in [0.5, 0.6) is 0 Å². The average molecular weight is 418 g/mol. The molecule has 162 valence electrons. The van der Waals surface area contributed by atoms with Crippen LogP contribution in [0.25, 0.3) is 0 Å². The molecule has 0 unspecified atom stereocenters. The zero-order valence-electron chi connectivity index (χ0n) is 18.0. The lowest BCUT2D eigenvalue weighted by Crippen LogP contribution is -2.15. The molecule has 0 amide bonds. The lowest BCUT2D eigenvalue weighted by atomic mass is 9.81. The van der Waals surface area contributed by atoms with Crippen molar-refractivity contribution >= 4 is 5.71 Å². The van der Waals surface area contributed by atoms with Gasteiger partial charge in [0.25, 0.3) is 0 Å². The number of rotatable bonds is 6. The van der Waals surface area contributed by atoms with E-state index in [0.29, 0.717) is 16.8 Å². The van der Waals surface area contributed by atoms with Gasteiger partial charge in [-0.15, -0.1) is 0 Å². The molecule has 0 N–H and O–H groups in total. The third-order valence-corrected chi connectivity index (χ3v) is 6.05. The van der Waals surface area contributed by atoms with Gasteiger partial charge in [0.2, 0.25) is 0 Å². The van der Waals surface area contributed by atoms with Crippen molar-refractivity contribution in [3.05, 3.63) is 69.8 Å². The van der Waals surface area contributed by atoms with E-state index in [2.05, 4.69) is 25.1 Å². The summed E-state index contributed by atoms with van der Waals surface area (Å²) < 4.78 is 41.1. The molecule has 3 rings (SSSR count). The molecular formula is C25H30F3NO. The molecule has 0 spiro atoms. The second kappa shape index (κ2) is 9.67. The lowest BCUT2D eigenvalue weighted by Gasteiger charge is -2.25. The molecule has 0 aliphatic heterocycles. The fraction of sp³-hybridized carbons (Fsp3) is 0.480. The van der Waals surface area contributed by atoms with Crippen LogP contribution in [0.2, 0.25) is 0 Å². The van der Waals surface area contributed by atoms with Crippen LogP contribution in [-0.2, 0) is 24.0 Å². The van der Waals surface area contributed by atoms with Crippen molar-refractivity contribution < 1.29 is 18.0 Å². The van der Waals surface area contributed by atoms with Crippen LogP contribution < -0.4 is 0 Å². The van der Waals surface area contributed by atoms with E-state index in [-0.39, 0.29) is 12.5 Å². The molecule has 0 atom stereocenters. The number of halogens is 3. The molecule has 30 heavy (non-hydrogen) atoms. The maximum Gasteiger partial charge on any atom is 0.416 e. The fourth-order valence-electron chi connectivity index (χ4n) is 4.24. The summed E-state index contributed by atoms with van der Waals surface area (Å²) in [6, 6.07) is 10.7. The van der Waals surface area contributed by atoms with E-state index in [1.165, 1.54) is 17.2 Å². The van der Waals surface area contributed by atoms with Crippen LogP contribution in [0.15, 0.2) is 41.6 Å². The Labute approximate surface area is 177 Å². The highest BCUT2D eigenvalue weighted by Gasteiger charge is 2.35. The number of hydrogen-bond acceptors (Lipinski definition) is 2. The smallest absolute Gasteiger partial charge is 0.391 e. The Bertz CT molecular complexity index is 896. The van der Waals surface area contributed by atoms with Gasteiger partial charge < -0.3 is 4.84 Å². The summed E-state index contributed by atoms with van der Waals surface area (Å²) in [6.45, 7) is 6.03. The van der Waals surface area contributed by atoms with Crippen molar-refractivity contribution in [3.63, 3.8) is 0 Å². The molecule has 0 saturated heterocycles. The molecule has 1 fully saturated rings. The molecule has 2 aromatic rings. The molecule has 1 aliphatic carbocycles. The van der Waals surface area contributed by atoms with E-state index in [0.717, 1.165) is 44.1 Å². The Balaban J connectivity index is 1.74. The summed E-state index contributed by atoms with van der Waals surface area (Å²) in [7, 11) is 0. The summed E-state index contributed by atoms with van der Waals surface area (Å²) in [5, 5.41) is 4.13. The molecule has 2 nitrogen and oxygen atoms in total. The van der Waals surface area contributed by atoms with Crippen LogP contribution in [0, 0.1) is 6.92 Å². The number of hydrogen-bond donors (Lipinski definition) is 0. The first-order valence-corrected chi connectivity index (χ1v) is 10.8. The molecule has 1 aliphatic rings. The van der Waals surface area contributed by atoms with E-state index < -0.39 is 11.7 Å². The first-order valence-electron chi connectivity index (χ1n) is 10.8.